The zero-order valence-corrected chi connectivity index (χ0v) is 41.2. The van der Waals surface area contributed by atoms with Gasteiger partial charge in [0, 0.05) is 50.5 Å². The summed E-state index contributed by atoms with van der Waals surface area (Å²) in [7, 11) is 1.37. The van der Waals surface area contributed by atoms with Crippen molar-refractivity contribution < 1.29 is 73.9 Å². The van der Waals surface area contributed by atoms with Gasteiger partial charge in [-0.05, 0) is 105 Å². The van der Waals surface area contributed by atoms with E-state index in [1.165, 1.54) is 34.8 Å². The van der Waals surface area contributed by atoms with Crippen LogP contribution in [0.15, 0.2) is 53.6 Å². The van der Waals surface area contributed by atoms with Gasteiger partial charge < -0.3 is 43.6 Å². The van der Waals surface area contributed by atoms with E-state index in [9.17, 15) is 29.1 Å². The molecule has 3 saturated carbocycles. The number of aliphatic hydroxyl groups is 1. The molecule has 1 heterocycles. The molecule has 68 heavy (non-hydrogen) atoms. The Kier molecular flexibility index (Phi) is 11.5. The number of rotatable bonds is 12. The Labute approximate surface area is 406 Å². The van der Waals surface area contributed by atoms with E-state index in [2.05, 4.69) is 5.32 Å². The number of amides is 1. The Hall–Kier alpha value is -5.12. The number of Topliss-reactive ketones (excluding diaryl/α,β-unsaturated/α-hetero) is 1. The van der Waals surface area contributed by atoms with Crippen LogP contribution < -0.4 is 5.32 Å². The summed E-state index contributed by atoms with van der Waals surface area (Å²) in [6.07, 6.45) is -11.5. The van der Waals surface area contributed by atoms with Gasteiger partial charge in [-0.15, -0.1) is 0 Å². The van der Waals surface area contributed by atoms with Gasteiger partial charge in [0.15, 0.2) is 23.6 Å². The van der Waals surface area contributed by atoms with Crippen molar-refractivity contribution in [1.82, 2.24) is 5.32 Å². The van der Waals surface area contributed by atoms with E-state index >= 15 is 4.79 Å². The maximum absolute atomic E-state index is 15.8. The van der Waals surface area contributed by atoms with Gasteiger partial charge >= 0.3 is 30.0 Å². The molecular weight excluding hydrogens is 875 g/mol. The normalized spacial score (nSPS) is 33.3. The Morgan fingerprint density at radius 2 is 1.63 bits per heavy atom. The van der Waals surface area contributed by atoms with Crippen molar-refractivity contribution in [3.05, 3.63) is 81.4 Å². The maximum atomic E-state index is 15.8. The summed E-state index contributed by atoms with van der Waals surface area (Å²) in [5, 5.41) is 14.8. The summed E-state index contributed by atoms with van der Waals surface area (Å²) in [6.45, 7) is 14.6. The summed E-state index contributed by atoms with van der Waals surface area (Å²) < 4.78 is 86.7. The number of ketones is 1. The van der Waals surface area contributed by atoms with E-state index in [0.717, 1.165) is 25.0 Å². The Morgan fingerprint density at radius 1 is 0.956 bits per heavy atom. The molecule has 0 radical (unpaired) electrons. The van der Waals surface area contributed by atoms with Crippen LogP contribution in [-0.4, -0.2) is 102 Å². The molecule has 2 aromatic carbocycles. The minimum atomic E-state index is -3.22. The van der Waals surface area contributed by atoms with Gasteiger partial charge in [-0.25, -0.2) is 14.4 Å². The van der Waals surface area contributed by atoms with Crippen LogP contribution in [0, 0.1) is 48.9 Å². The topological polar surface area (TPSA) is 199 Å². The van der Waals surface area contributed by atoms with E-state index in [4.69, 9.17) is 40.0 Å². The van der Waals surface area contributed by atoms with Crippen molar-refractivity contribution >= 4 is 35.8 Å². The molecule has 1 amide bonds. The molecular formula is C53H69NO14. The van der Waals surface area contributed by atoms with Gasteiger partial charge in [-0.2, -0.15) is 0 Å². The number of nitrogens with one attached hydrogen (secondary N) is 1. The number of ether oxygens (including phenoxy) is 7. The third kappa shape index (κ3) is 7.93. The standard InChI is InChI=1S/C53H69NO14/c1-15-50(13,48(8,9)10)68-47(61)54-39(35-22-21-27(2)28(3)29(35)4)40(57)46(60)65-36-25-53(62-14)44(66-45(59)33-19-17-16-18-20-33)42-51(24-34(51)23-37-52(42,26-63-37)67-32(7)56)43(58)41(64-31(6)55)38(30(36)5)49(53,11)12/h16-22,34,36-37,39-42,44,57H,15,23-26H2,1-14H3,(H,54,61)/t34-,36+,37-,39+,40-,41-,42+,44+,50?,51-,52+,53?/m1/s1/i13D3,15D2. The molecule has 0 aromatic heterocycles. The van der Waals surface area contributed by atoms with Crippen LogP contribution in [0.25, 0.3) is 0 Å². The van der Waals surface area contributed by atoms with E-state index in [1.807, 2.05) is 6.92 Å². The number of methoxy groups -OCH3 is 1. The summed E-state index contributed by atoms with van der Waals surface area (Å²) in [6, 6.07) is 9.67. The highest BCUT2D eigenvalue weighted by atomic mass is 16.6. The molecule has 1 aliphatic heterocycles. The van der Waals surface area contributed by atoms with Gasteiger partial charge in [0.25, 0.3) is 0 Å². The largest absolute Gasteiger partial charge is 0.456 e. The lowest BCUT2D eigenvalue weighted by Gasteiger charge is -2.65. The van der Waals surface area contributed by atoms with Crippen molar-refractivity contribution in [3.8, 4) is 0 Å². The lowest BCUT2D eigenvalue weighted by molar-refractivity contribution is -0.325. The number of hydrogen-bond acceptors (Lipinski definition) is 14. The predicted molar refractivity (Wildman–Crippen MR) is 247 cm³/mol. The number of carbonyl (C=O) groups excluding carboxylic acids is 6. The second-order valence-electron chi connectivity index (χ2n) is 20.9. The monoisotopic (exact) mass is 949 g/mol. The first-order chi connectivity index (χ1) is 33.6. The first kappa shape index (κ1) is 44.1. The minimum Gasteiger partial charge on any atom is -0.456 e. The highest BCUT2D eigenvalue weighted by Crippen LogP contribution is 2.75. The van der Waals surface area contributed by atoms with Crippen LogP contribution >= 0.6 is 0 Å². The number of benzene rings is 2. The van der Waals surface area contributed by atoms with Gasteiger partial charge in [-0.3, -0.25) is 14.4 Å². The molecule has 2 N–H and O–H groups in total. The van der Waals surface area contributed by atoms with Crippen LogP contribution in [0.1, 0.15) is 140 Å². The summed E-state index contributed by atoms with van der Waals surface area (Å²) in [4.78, 5) is 86.0. The molecule has 4 aliphatic carbocycles. The second-order valence-corrected chi connectivity index (χ2v) is 20.9. The molecule has 15 nitrogen and oxygen atoms in total. The van der Waals surface area contributed by atoms with Crippen molar-refractivity contribution in [3.63, 3.8) is 0 Å². The number of carbonyl (C=O) groups is 6. The van der Waals surface area contributed by atoms with E-state index in [1.54, 1.807) is 77.1 Å². The lowest BCUT2D eigenvalue weighted by atomic mass is 9.48. The first-order valence-electron chi connectivity index (χ1n) is 25.6. The molecule has 4 fully saturated rings. The Morgan fingerprint density at radius 3 is 2.19 bits per heavy atom. The highest BCUT2D eigenvalue weighted by molar-refractivity contribution is 5.97. The fourth-order valence-electron chi connectivity index (χ4n) is 11.9. The first-order valence-corrected chi connectivity index (χ1v) is 23.1. The van der Waals surface area contributed by atoms with Gasteiger partial charge in [0.05, 0.1) is 24.1 Å². The van der Waals surface area contributed by atoms with Crippen LogP contribution in [0.5, 0.6) is 0 Å². The molecule has 2 bridgehead atoms. The SMILES string of the molecule is [2H]C([2H])([2H])C(OC(=O)N[C@@H](c1ccc(C)c(C)c1C)[C@@H](O)C(=O)O[C@H]1CC2(OC)[C@@H](OC(=O)c3ccccc3)[C@@H]3[C@]4(OC(C)=O)CO[C@@H]4C[C@@H]4C[C@@]43C(=O)[C@H](OC(C)=O)C(=C1C)C2(C)C)(C([2H])([2H])C)C(C)(C)C. The number of hydrogen-bond donors (Lipinski definition) is 2. The van der Waals surface area contributed by atoms with Crippen LogP contribution in [0.4, 0.5) is 4.79 Å². The zero-order valence-electron chi connectivity index (χ0n) is 46.2. The lowest BCUT2D eigenvalue weighted by Crippen LogP contribution is -2.78. The third-order valence-electron chi connectivity index (χ3n) is 16.0. The Balaban J connectivity index is 1.39. The van der Waals surface area contributed by atoms with E-state index in [-0.39, 0.29) is 47.6 Å². The summed E-state index contributed by atoms with van der Waals surface area (Å²) in [5.74, 6) is -5.72. The molecule has 12 atom stereocenters. The van der Waals surface area contributed by atoms with Crippen molar-refractivity contribution in [2.24, 2.45) is 28.1 Å². The average molecular weight is 949 g/mol. The second kappa shape index (κ2) is 17.7. The summed E-state index contributed by atoms with van der Waals surface area (Å²) in [5.41, 5.74) is -7.64. The quantitative estimate of drug-likeness (QED) is 0.121. The molecule has 5 aliphatic rings. The molecule has 15 heteroatoms. The number of aliphatic hydroxyl groups excluding tert-OH is 1. The zero-order chi connectivity index (χ0) is 54.6. The van der Waals surface area contributed by atoms with E-state index < -0.39 is 125 Å². The molecule has 1 saturated heterocycles. The predicted octanol–water partition coefficient (Wildman–Crippen LogP) is 7.47. The van der Waals surface area contributed by atoms with Crippen molar-refractivity contribution in [2.75, 3.05) is 13.7 Å². The van der Waals surface area contributed by atoms with Gasteiger partial charge in [-0.1, -0.05) is 71.9 Å². The molecule has 7 rings (SSSR count). The third-order valence-corrected chi connectivity index (χ3v) is 16.0. The smallest absolute Gasteiger partial charge is 0.408 e. The minimum absolute atomic E-state index is 0.152. The molecule has 370 valence electrons. The number of alkyl carbamates (subject to hydrolysis) is 1. The van der Waals surface area contributed by atoms with Gasteiger partial charge in [0.1, 0.15) is 29.5 Å². The number of fused-ring (bicyclic) bond motifs is 4. The van der Waals surface area contributed by atoms with Crippen LogP contribution in [0.2, 0.25) is 0 Å². The molecule has 2 unspecified atom stereocenters. The van der Waals surface area contributed by atoms with Crippen LogP contribution in [0.3, 0.4) is 0 Å². The Bertz CT molecular complexity index is 2580. The number of aryl methyl sites for hydroxylation is 1. The van der Waals surface area contributed by atoms with Crippen molar-refractivity contribution in [2.45, 2.75) is 169 Å². The summed E-state index contributed by atoms with van der Waals surface area (Å²) >= 11 is 0. The van der Waals surface area contributed by atoms with Gasteiger partial charge in [0.2, 0.25) is 0 Å². The highest BCUT2D eigenvalue weighted by Gasteiger charge is 2.84. The maximum Gasteiger partial charge on any atom is 0.408 e. The fraction of sp³-hybridized carbons (Fsp3) is 0.623. The molecule has 2 aromatic rings. The fourth-order valence-corrected chi connectivity index (χ4v) is 11.9. The number of esters is 4. The molecule has 1 spiro atoms. The van der Waals surface area contributed by atoms with E-state index in [0.29, 0.717) is 12.0 Å². The van der Waals surface area contributed by atoms with Crippen LogP contribution in [-0.2, 0) is 52.3 Å². The average Bonchev–Trinajstić information content (AvgIpc) is 4.00. The van der Waals surface area contributed by atoms with Crippen molar-refractivity contribution in [1.29, 1.82) is 0 Å².